The fraction of sp³-hybridized carbons (Fsp3) is 0.185. The quantitative estimate of drug-likeness (QED) is 0.233. The Bertz CT molecular complexity index is 1590. The summed E-state index contributed by atoms with van der Waals surface area (Å²) in [7, 11) is 0. The summed E-state index contributed by atoms with van der Waals surface area (Å²) in [6, 6.07) is 20.5. The number of likely N-dealkylation sites (tertiary alicyclic amines) is 1. The molecular weight excluding hydrogens is 458 g/mol. The highest BCUT2D eigenvalue weighted by Gasteiger charge is 2.33. The van der Waals surface area contributed by atoms with Crippen molar-refractivity contribution in [2.24, 2.45) is 0 Å². The Morgan fingerprint density at radius 1 is 1.11 bits per heavy atom. The van der Waals surface area contributed by atoms with Crippen LogP contribution in [-0.2, 0) is 11.3 Å². The molecule has 0 bridgehead atoms. The number of rotatable bonds is 5. The molecule has 6 rings (SSSR count). The van der Waals surface area contributed by atoms with Crippen molar-refractivity contribution in [1.82, 2.24) is 19.9 Å². The van der Waals surface area contributed by atoms with Crippen molar-refractivity contribution in [3.63, 3.8) is 0 Å². The lowest BCUT2D eigenvalue weighted by atomic mass is 10.0. The first kappa shape index (κ1) is 21.8. The molecule has 1 saturated heterocycles. The van der Waals surface area contributed by atoms with Gasteiger partial charge in [-0.1, -0.05) is 36.4 Å². The Labute approximate surface area is 205 Å². The molecule has 0 unspecified atom stereocenters. The topological polar surface area (TPSA) is 117 Å². The highest BCUT2D eigenvalue weighted by Crippen LogP contribution is 2.35. The number of imidazole rings is 1. The number of nitrogens with zero attached hydrogens (tertiary/aromatic N) is 3. The second-order valence-electron chi connectivity index (χ2n) is 8.94. The molecule has 1 fully saturated rings. The van der Waals surface area contributed by atoms with Crippen LogP contribution in [0.4, 0.5) is 10.5 Å². The third-order valence-electron chi connectivity index (χ3n) is 6.68. The first-order valence-electron chi connectivity index (χ1n) is 11.8. The summed E-state index contributed by atoms with van der Waals surface area (Å²) in [5.41, 5.74) is 4.66. The van der Waals surface area contributed by atoms with E-state index in [1.165, 1.54) is 0 Å². The van der Waals surface area contributed by atoms with E-state index in [1.54, 1.807) is 17.2 Å². The highest BCUT2D eigenvalue weighted by molar-refractivity contribution is 5.93. The van der Waals surface area contributed by atoms with E-state index in [1.807, 2.05) is 60.7 Å². The van der Waals surface area contributed by atoms with Crippen LogP contribution in [0.3, 0.4) is 0 Å². The summed E-state index contributed by atoms with van der Waals surface area (Å²) in [6.45, 7) is 0.838. The molecule has 2 aromatic heterocycles. The third-order valence-corrected chi connectivity index (χ3v) is 6.68. The molecule has 0 radical (unpaired) electrons. The predicted molar refractivity (Wildman–Crippen MR) is 135 cm³/mol. The first-order chi connectivity index (χ1) is 17.6. The molecular formula is C27H23N5O4. The number of aromatic nitrogens is 3. The maximum absolute atomic E-state index is 12.8. The highest BCUT2D eigenvalue weighted by atomic mass is 16.6. The summed E-state index contributed by atoms with van der Waals surface area (Å²) >= 11 is 0. The molecule has 2 N–H and O–H groups in total. The average Bonchev–Trinajstić information content (AvgIpc) is 3.65. The average molecular weight is 482 g/mol. The molecule has 1 atom stereocenters. The summed E-state index contributed by atoms with van der Waals surface area (Å²) in [6.07, 6.45) is 3.01. The number of H-pyrrole nitrogens is 2. The number of nitro benzene ring substituents is 1. The molecule has 1 amide bonds. The molecule has 3 aromatic carbocycles. The van der Waals surface area contributed by atoms with Gasteiger partial charge in [-0.2, -0.15) is 0 Å². The van der Waals surface area contributed by atoms with Crippen LogP contribution in [0, 0.1) is 10.1 Å². The van der Waals surface area contributed by atoms with Crippen LogP contribution in [0.15, 0.2) is 72.9 Å². The smallest absolute Gasteiger partial charge is 0.410 e. The van der Waals surface area contributed by atoms with E-state index in [0.29, 0.717) is 17.9 Å². The van der Waals surface area contributed by atoms with Crippen LogP contribution in [-0.4, -0.2) is 37.4 Å². The maximum atomic E-state index is 12.8. The van der Waals surface area contributed by atoms with Gasteiger partial charge in [-0.25, -0.2) is 9.78 Å². The van der Waals surface area contributed by atoms with Crippen LogP contribution in [0.5, 0.6) is 0 Å². The van der Waals surface area contributed by atoms with Gasteiger partial charge in [-0.15, -0.1) is 0 Å². The molecule has 0 aliphatic carbocycles. The van der Waals surface area contributed by atoms with Crippen molar-refractivity contribution in [2.75, 3.05) is 6.54 Å². The fourth-order valence-corrected chi connectivity index (χ4v) is 4.90. The second-order valence-corrected chi connectivity index (χ2v) is 8.94. The Morgan fingerprint density at radius 3 is 2.81 bits per heavy atom. The number of aromatic amines is 2. The molecule has 0 saturated carbocycles. The van der Waals surface area contributed by atoms with Crippen molar-refractivity contribution in [3.8, 4) is 11.1 Å². The molecule has 36 heavy (non-hydrogen) atoms. The minimum atomic E-state index is -0.374. The SMILES string of the molecule is O=C(OCc1ccccc1)N1CCC[C@H]1c1nc2ccc(-c3cc([N+](=O)[O-])c4[nH]ccc4c3)cc2[nH]1. The van der Waals surface area contributed by atoms with Gasteiger partial charge in [0.1, 0.15) is 17.9 Å². The zero-order valence-corrected chi connectivity index (χ0v) is 19.3. The Morgan fingerprint density at radius 2 is 1.97 bits per heavy atom. The zero-order chi connectivity index (χ0) is 24.6. The van der Waals surface area contributed by atoms with Crippen molar-refractivity contribution < 1.29 is 14.5 Å². The van der Waals surface area contributed by atoms with Crippen LogP contribution >= 0.6 is 0 Å². The van der Waals surface area contributed by atoms with Gasteiger partial charge >= 0.3 is 6.09 Å². The number of carbonyl (C=O) groups is 1. The van der Waals surface area contributed by atoms with Crippen LogP contribution in [0.2, 0.25) is 0 Å². The zero-order valence-electron chi connectivity index (χ0n) is 19.3. The van der Waals surface area contributed by atoms with E-state index in [9.17, 15) is 14.9 Å². The molecule has 3 heterocycles. The van der Waals surface area contributed by atoms with E-state index in [4.69, 9.17) is 9.72 Å². The number of non-ortho nitro benzene ring substituents is 1. The van der Waals surface area contributed by atoms with Gasteiger partial charge < -0.3 is 14.7 Å². The van der Waals surface area contributed by atoms with Crippen molar-refractivity contribution >= 4 is 33.7 Å². The number of ether oxygens (including phenoxy) is 1. The third kappa shape index (κ3) is 3.94. The summed E-state index contributed by atoms with van der Waals surface area (Å²) < 4.78 is 5.56. The lowest BCUT2D eigenvalue weighted by Gasteiger charge is -2.22. The van der Waals surface area contributed by atoms with Gasteiger partial charge in [-0.3, -0.25) is 15.0 Å². The second kappa shape index (κ2) is 8.84. The molecule has 1 aliphatic rings. The number of amides is 1. The van der Waals surface area contributed by atoms with E-state index >= 15 is 0 Å². The minimum absolute atomic E-state index is 0.0357. The molecule has 1 aliphatic heterocycles. The Hall–Kier alpha value is -4.66. The normalized spacial score (nSPS) is 15.6. The number of nitrogens with one attached hydrogen (secondary N) is 2. The summed E-state index contributed by atoms with van der Waals surface area (Å²) in [4.78, 5) is 36.9. The lowest BCUT2D eigenvalue weighted by Crippen LogP contribution is -2.31. The van der Waals surface area contributed by atoms with Crippen molar-refractivity contribution in [1.29, 1.82) is 0 Å². The number of fused-ring (bicyclic) bond motifs is 2. The van der Waals surface area contributed by atoms with Gasteiger partial charge in [0.15, 0.2) is 0 Å². The van der Waals surface area contributed by atoms with Crippen LogP contribution in [0.25, 0.3) is 33.1 Å². The largest absolute Gasteiger partial charge is 0.445 e. The van der Waals surface area contributed by atoms with E-state index in [-0.39, 0.29) is 29.4 Å². The maximum Gasteiger partial charge on any atom is 0.410 e. The fourth-order valence-electron chi connectivity index (χ4n) is 4.90. The number of carbonyl (C=O) groups excluding carboxylic acids is 1. The van der Waals surface area contributed by atoms with Crippen molar-refractivity contribution in [2.45, 2.75) is 25.5 Å². The number of benzene rings is 3. The van der Waals surface area contributed by atoms with Gasteiger partial charge in [0, 0.05) is 24.2 Å². The molecule has 180 valence electrons. The Balaban J connectivity index is 1.27. The van der Waals surface area contributed by atoms with Gasteiger partial charge in [0.25, 0.3) is 5.69 Å². The summed E-state index contributed by atoms with van der Waals surface area (Å²) in [5.74, 6) is 0.711. The summed E-state index contributed by atoms with van der Waals surface area (Å²) in [5, 5.41) is 12.4. The lowest BCUT2D eigenvalue weighted by molar-refractivity contribution is -0.383. The van der Waals surface area contributed by atoms with Crippen molar-refractivity contribution in [3.05, 3.63) is 94.4 Å². The van der Waals surface area contributed by atoms with Crippen LogP contribution < -0.4 is 0 Å². The van der Waals surface area contributed by atoms with Gasteiger partial charge in [-0.05, 0) is 53.8 Å². The number of nitro groups is 1. The predicted octanol–water partition coefficient (Wildman–Crippen LogP) is 6.09. The minimum Gasteiger partial charge on any atom is -0.445 e. The number of hydrogen-bond donors (Lipinski definition) is 2. The first-order valence-corrected chi connectivity index (χ1v) is 11.8. The van der Waals surface area contributed by atoms with Gasteiger partial charge in [0.05, 0.1) is 22.0 Å². The van der Waals surface area contributed by atoms with E-state index < -0.39 is 0 Å². The molecule has 5 aromatic rings. The van der Waals surface area contributed by atoms with E-state index in [0.717, 1.165) is 46.0 Å². The molecule has 0 spiro atoms. The molecule has 9 nitrogen and oxygen atoms in total. The van der Waals surface area contributed by atoms with Crippen LogP contribution in [0.1, 0.15) is 30.3 Å². The monoisotopic (exact) mass is 481 g/mol. The molecule has 9 heteroatoms. The van der Waals surface area contributed by atoms with Gasteiger partial charge in [0.2, 0.25) is 0 Å². The van der Waals surface area contributed by atoms with E-state index in [2.05, 4.69) is 9.97 Å². The number of hydrogen-bond acceptors (Lipinski definition) is 5. The Kier molecular flexibility index (Phi) is 5.37. The standard InChI is InChI=1S/C27H23N5O4/c33-27(36-16-17-5-2-1-3-6-17)31-12-4-7-23(31)26-29-21-9-8-18(14-22(21)30-26)20-13-19-10-11-28-25(19)24(15-20)32(34)35/h1-3,5-6,8-11,13-15,23,28H,4,7,12,16H2,(H,29,30)/t23-/m0/s1.